The van der Waals surface area contributed by atoms with E-state index in [4.69, 9.17) is 27.9 Å². The topological polar surface area (TPSA) is 129 Å². The number of nitrogens with one attached hydrogen (secondary N) is 1. The molecular formula is C37H33Cl2F3N4O6. The van der Waals surface area contributed by atoms with Crippen LogP contribution in [0.3, 0.4) is 0 Å². The molecule has 4 amide bonds. The number of halogens is 5. The maximum atomic E-state index is 15.2. The summed E-state index contributed by atoms with van der Waals surface area (Å²) in [4.78, 5) is 63.1. The van der Waals surface area contributed by atoms with Crippen molar-refractivity contribution in [2.75, 3.05) is 12.5 Å². The number of carbonyl (C=O) groups is 4. The fraction of sp³-hybridized carbons (Fsp3) is 0.378. The molecule has 52 heavy (non-hydrogen) atoms. The summed E-state index contributed by atoms with van der Waals surface area (Å²) in [6, 6.07) is 11.5. The summed E-state index contributed by atoms with van der Waals surface area (Å²) >= 11 is 12.5. The molecular weight excluding hydrogens is 724 g/mol. The van der Waals surface area contributed by atoms with E-state index in [1.807, 2.05) is 6.08 Å². The molecule has 3 fully saturated rings. The van der Waals surface area contributed by atoms with Gasteiger partial charge < -0.3 is 9.84 Å². The minimum absolute atomic E-state index is 0.0508. The average Bonchev–Trinajstić information content (AvgIpc) is 3.47. The lowest BCUT2D eigenvalue weighted by Gasteiger charge is -2.50. The van der Waals surface area contributed by atoms with Gasteiger partial charge in [0.25, 0.3) is 11.8 Å². The van der Waals surface area contributed by atoms with Gasteiger partial charge in [-0.05, 0) is 81.5 Å². The number of aromatic nitrogens is 1. The molecule has 0 unspecified atom stereocenters. The van der Waals surface area contributed by atoms with Crippen LogP contribution in [0.2, 0.25) is 10.0 Å². The SMILES string of the molecule is COc1ccc(O)c([C@H]2C3=CC[C@@H]4C(=O)N(C(C)(C)C)C(=O)[C@@H]4[C@@H]3C[C@H]3C(=O)N(Nc4ncc(C(F)(F)F)cc4Cl)C(=O)[C@@]23c2ccc(Cl)cc2)c1. The van der Waals surface area contributed by atoms with Crippen LogP contribution >= 0.6 is 23.2 Å². The van der Waals surface area contributed by atoms with Gasteiger partial charge in [-0.15, -0.1) is 0 Å². The predicted molar refractivity (Wildman–Crippen MR) is 183 cm³/mol. The van der Waals surface area contributed by atoms with E-state index in [9.17, 15) is 32.7 Å². The van der Waals surface area contributed by atoms with Crippen molar-refractivity contribution in [3.8, 4) is 11.5 Å². The van der Waals surface area contributed by atoms with E-state index in [2.05, 4.69) is 10.4 Å². The molecule has 272 valence electrons. The first-order valence-corrected chi connectivity index (χ1v) is 17.2. The monoisotopic (exact) mass is 756 g/mol. The summed E-state index contributed by atoms with van der Waals surface area (Å²) in [5.74, 6) is -7.14. The van der Waals surface area contributed by atoms with Gasteiger partial charge in [-0.1, -0.05) is 47.0 Å². The van der Waals surface area contributed by atoms with E-state index in [1.165, 1.54) is 24.1 Å². The van der Waals surface area contributed by atoms with E-state index in [-0.39, 0.29) is 35.9 Å². The molecule has 15 heteroatoms. The number of carbonyl (C=O) groups excluding carboxylic acids is 4. The molecule has 2 saturated heterocycles. The number of methoxy groups -OCH3 is 1. The van der Waals surface area contributed by atoms with Crippen molar-refractivity contribution in [2.24, 2.45) is 23.7 Å². The highest BCUT2D eigenvalue weighted by atomic mass is 35.5. The summed E-state index contributed by atoms with van der Waals surface area (Å²) in [5, 5.41) is 12.1. The molecule has 2 aliphatic carbocycles. The second kappa shape index (κ2) is 12.2. The Morgan fingerprint density at radius 3 is 2.27 bits per heavy atom. The number of pyridine rings is 1. The van der Waals surface area contributed by atoms with Gasteiger partial charge >= 0.3 is 6.18 Å². The Kier molecular flexibility index (Phi) is 8.41. The van der Waals surface area contributed by atoms with Crippen LogP contribution < -0.4 is 10.2 Å². The highest BCUT2D eigenvalue weighted by Gasteiger charge is 2.71. The third kappa shape index (κ3) is 5.26. The molecule has 1 saturated carbocycles. The van der Waals surface area contributed by atoms with Gasteiger partial charge in [0.05, 0.1) is 40.9 Å². The number of amides is 4. The van der Waals surface area contributed by atoms with Crippen molar-refractivity contribution in [3.63, 3.8) is 0 Å². The Morgan fingerprint density at radius 1 is 0.962 bits per heavy atom. The number of phenols is 1. The first-order valence-electron chi connectivity index (χ1n) is 16.5. The summed E-state index contributed by atoms with van der Waals surface area (Å²) in [6.45, 7) is 5.29. The van der Waals surface area contributed by atoms with Crippen molar-refractivity contribution >= 4 is 52.6 Å². The minimum atomic E-state index is -4.75. The van der Waals surface area contributed by atoms with Gasteiger partial charge in [0.2, 0.25) is 11.8 Å². The molecule has 3 aromatic rings. The predicted octanol–water partition coefficient (Wildman–Crippen LogP) is 6.90. The number of phenolic OH excluding ortho intramolecular Hbond substituents is 1. The van der Waals surface area contributed by atoms with Crippen LogP contribution in [0.1, 0.15) is 56.2 Å². The first kappa shape index (κ1) is 35.8. The number of anilines is 1. The third-order valence-corrected chi connectivity index (χ3v) is 11.3. The fourth-order valence-corrected chi connectivity index (χ4v) is 9.01. The molecule has 2 aromatic carbocycles. The number of benzene rings is 2. The molecule has 0 spiro atoms. The quantitative estimate of drug-likeness (QED) is 0.213. The van der Waals surface area contributed by atoms with Crippen LogP contribution in [-0.2, 0) is 30.8 Å². The van der Waals surface area contributed by atoms with Crippen molar-refractivity contribution < 1.29 is 42.2 Å². The second-order valence-corrected chi connectivity index (χ2v) is 15.4. The smallest absolute Gasteiger partial charge is 0.417 e. The van der Waals surface area contributed by atoms with E-state index < -0.39 is 75.0 Å². The van der Waals surface area contributed by atoms with Crippen LogP contribution in [0.15, 0.2) is 66.4 Å². The Labute approximate surface area is 306 Å². The van der Waals surface area contributed by atoms with E-state index in [1.54, 1.807) is 51.1 Å². The zero-order valence-electron chi connectivity index (χ0n) is 28.3. The lowest BCUT2D eigenvalue weighted by Crippen LogP contribution is -2.53. The van der Waals surface area contributed by atoms with Crippen LogP contribution in [0.4, 0.5) is 19.0 Å². The zero-order valence-corrected chi connectivity index (χ0v) is 29.8. The number of likely N-dealkylation sites (tertiary alicyclic amines) is 1. The van der Waals surface area contributed by atoms with Crippen LogP contribution in [0.5, 0.6) is 11.5 Å². The molecule has 7 rings (SSSR count). The van der Waals surface area contributed by atoms with Gasteiger partial charge in [0, 0.05) is 28.2 Å². The lowest BCUT2D eigenvalue weighted by molar-refractivity contribution is -0.146. The van der Waals surface area contributed by atoms with Gasteiger partial charge in [0.1, 0.15) is 11.5 Å². The highest BCUT2D eigenvalue weighted by Crippen LogP contribution is 2.65. The maximum absolute atomic E-state index is 15.2. The molecule has 1 aromatic heterocycles. The Bertz CT molecular complexity index is 2070. The van der Waals surface area contributed by atoms with Gasteiger partial charge in [0.15, 0.2) is 5.82 Å². The minimum Gasteiger partial charge on any atom is -0.508 e. The van der Waals surface area contributed by atoms with E-state index in [0.717, 1.165) is 0 Å². The summed E-state index contributed by atoms with van der Waals surface area (Å²) in [6.07, 6.45) is -2.27. The Morgan fingerprint density at radius 2 is 1.65 bits per heavy atom. The fourth-order valence-electron chi connectivity index (χ4n) is 8.68. The lowest BCUT2D eigenvalue weighted by atomic mass is 9.49. The summed E-state index contributed by atoms with van der Waals surface area (Å²) in [7, 11) is 1.43. The molecule has 4 aliphatic rings. The second-order valence-electron chi connectivity index (χ2n) is 14.5. The van der Waals surface area contributed by atoms with Gasteiger partial charge in [-0.3, -0.25) is 29.5 Å². The number of imide groups is 2. The van der Waals surface area contributed by atoms with Crippen LogP contribution in [0, 0.1) is 23.7 Å². The summed E-state index contributed by atoms with van der Waals surface area (Å²) in [5.41, 5.74) is -0.00281. The first-order chi connectivity index (χ1) is 24.4. The Balaban J connectivity index is 1.46. The zero-order chi connectivity index (χ0) is 37.7. The number of hydrazine groups is 1. The van der Waals surface area contributed by atoms with Crippen LogP contribution in [0.25, 0.3) is 0 Å². The van der Waals surface area contributed by atoms with Gasteiger partial charge in [-0.25, -0.2) is 4.98 Å². The maximum Gasteiger partial charge on any atom is 0.417 e. The molecule has 0 radical (unpaired) electrons. The summed E-state index contributed by atoms with van der Waals surface area (Å²) < 4.78 is 45.8. The number of hydrogen-bond donors (Lipinski definition) is 2. The average molecular weight is 758 g/mol. The molecule has 0 bridgehead atoms. The number of rotatable bonds is 5. The number of nitrogens with zero attached hydrogens (tertiary/aromatic N) is 3. The number of aromatic hydroxyl groups is 1. The molecule has 10 nitrogen and oxygen atoms in total. The van der Waals surface area contributed by atoms with Crippen molar-refractivity contribution in [1.82, 2.24) is 14.9 Å². The highest BCUT2D eigenvalue weighted by molar-refractivity contribution is 6.33. The molecule has 3 heterocycles. The molecule has 2 N–H and O–H groups in total. The molecule has 2 aliphatic heterocycles. The largest absolute Gasteiger partial charge is 0.508 e. The molecule has 6 atom stereocenters. The van der Waals surface area contributed by atoms with Gasteiger partial charge in [-0.2, -0.15) is 18.2 Å². The Hall–Kier alpha value is -4.62. The standard InChI is InChI=1S/C37H33Cl2F3N4O6/c1-35(2,3)45-31(48)22-11-10-21-23(28(22)33(45)50)15-25-32(49)46(44-30-26(39)13-18(16-43-30)37(40,41)42)34(51)36(25,17-5-7-19(38)8-6-17)29(21)24-14-20(52-4)9-12-27(24)47/h5-10,12-14,16,22-23,25,28-29,47H,11,15H2,1-4H3,(H,43,44)/t22-,23+,25-,28-,29+,36+/m0/s1. The van der Waals surface area contributed by atoms with Crippen molar-refractivity contribution in [3.05, 3.63) is 93.1 Å². The van der Waals surface area contributed by atoms with E-state index >= 15 is 4.79 Å². The van der Waals surface area contributed by atoms with Crippen molar-refractivity contribution in [1.29, 1.82) is 0 Å². The van der Waals surface area contributed by atoms with Crippen molar-refractivity contribution in [2.45, 2.75) is 56.7 Å². The van der Waals surface area contributed by atoms with E-state index in [0.29, 0.717) is 39.2 Å². The van der Waals surface area contributed by atoms with Crippen LogP contribution in [-0.4, -0.2) is 56.3 Å². The number of alkyl halides is 3. The number of ether oxygens (including phenoxy) is 1. The normalized spacial score (nSPS) is 27.3. The number of hydrogen-bond acceptors (Lipinski definition) is 8. The third-order valence-electron chi connectivity index (χ3n) is 10.8. The number of allylic oxidation sites excluding steroid dienone is 2. The number of fused-ring (bicyclic) bond motifs is 4.